The summed E-state index contributed by atoms with van der Waals surface area (Å²) < 4.78 is 0. The number of nitrogens with zero attached hydrogens (tertiary/aromatic N) is 3. The van der Waals surface area contributed by atoms with Gasteiger partial charge in [-0.25, -0.2) is 15.0 Å². The zero-order valence-electron chi connectivity index (χ0n) is 13.1. The summed E-state index contributed by atoms with van der Waals surface area (Å²) in [5.41, 5.74) is 1.96. The predicted molar refractivity (Wildman–Crippen MR) is 96.1 cm³/mol. The molecule has 0 saturated heterocycles. The molecule has 120 valence electrons. The van der Waals surface area contributed by atoms with E-state index in [0.29, 0.717) is 17.1 Å². The Morgan fingerprint density at radius 1 is 1.00 bits per heavy atom. The normalized spacial score (nSPS) is 10.4. The first-order valence-electron chi connectivity index (χ1n) is 7.54. The molecular weight excluding hydrogens is 320 g/mol. The molecule has 0 unspecified atom stereocenters. The molecule has 0 bridgehead atoms. The summed E-state index contributed by atoms with van der Waals surface area (Å²) in [6.07, 6.45) is 4.70. The van der Waals surface area contributed by atoms with Gasteiger partial charge in [-0.3, -0.25) is 4.79 Å². The van der Waals surface area contributed by atoms with Gasteiger partial charge in [0.1, 0.15) is 0 Å². The van der Waals surface area contributed by atoms with Crippen molar-refractivity contribution >= 4 is 23.4 Å². The number of carbonyl (C=O) groups is 1. The fourth-order valence-electron chi connectivity index (χ4n) is 2.07. The maximum Gasteiger partial charge on any atom is 0.258 e. The van der Waals surface area contributed by atoms with Gasteiger partial charge in [0.2, 0.25) is 0 Å². The van der Waals surface area contributed by atoms with E-state index in [9.17, 15) is 4.79 Å². The third-order valence-electron chi connectivity index (χ3n) is 3.23. The lowest BCUT2D eigenvalue weighted by Crippen LogP contribution is -2.13. The molecule has 6 heteroatoms. The third kappa shape index (κ3) is 3.97. The van der Waals surface area contributed by atoms with Crippen LogP contribution in [-0.2, 0) is 0 Å². The van der Waals surface area contributed by atoms with E-state index >= 15 is 0 Å². The van der Waals surface area contributed by atoms with E-state index in [1.54, 1.807) is 18.0 Å². The lowest BCUT2D eigenvalue weighted by Gasteiger charge is -2.06. The molecule has 24 heavy (non-hydrogen) atoms. The summed E-state index contributed by atoms with van der Waals surface area (Å²) in [6.45, 7) is 2.07. The minimum absolute atomic E-state index is 0.257. The molecule has 2 aromatic heterocycles. The molecule has 0 saturated carbocycles. The highest BCUT2D eigenvalue weighted by molar-refractivity contribution is 7.99. The molecule has 0 aliphatic heterocycles. The highest BCUT2D eigenvalue weighted by Crippen LogP contribution is 2.17. The minimum atomic E-state index is -0.257. The molecule has 0 aliphatic rings. The number of hydrogen-bond donors (Lipinski definition) is 1. The predicted octanol–water partition coefficient (Wildman–Crippen LogP) is 3.90. The average Bonchev–Trinajstić information content (AvgIpc) is 2.64. The van der Waals surface area contributed by atoms with Crippen LogP contribution < -0.4 is 5.32 Å². The monoisotopic (exact) mass is 336 g/mol. The van der Waals surface area contributed by atoms with E-state index in [2.05, 4.69) is 27.2 Å². The van der Waals surface area contributed by atoms with E-state index in [0.717, 1.165) is 16.3 Å². The summed E-state index contributed by atoms with van der Waals surface area (Å²) >= 11 is 1.65. The SMILES string of the molecule is CCSc1ccc(NC(=O)c2cnc(-c3ccccc3)nc2)cn1. The van der Waals surface area contributed by atoms with Gasteiger partial charge in [-0.1, -0.05) is 37.3 Å². The van der Waals surface area contributed by atoms with Crippen molar-refractivity contribution in [1.29, 1.82) is 0 Å². The van der Waals surface area contributed by atoms with Crippen LogP contribution in [0, 0.1) is 0 Å². The molecule has 1 aromatic carbocycles. The Labute approximate surface area is 144 Å². The van der Waals surface area contributed by atoms with Gasteiger partial charge in [0.15, 0.2) is 5.82 Å². The van der Waals surface area contributed by atoms with Crippen LogP contribution in [-0.4, -0.2) is 26.6 Å². The minimum Gasteiger partial charge on any atom is -0.320 e. The Kier molecular flexibility index (Phi) is 5.18. The first-order chi connectivity index (χ1) is 11.8. The largest absolute Gasteiger partial charge is 0.320 e. The van der Waals surface area contributed by atoms with Gasteiger partial charge < -0.3 is 5.32 Å². The Bertz CT molecular complexity index is 805. The van der Waals surface area contributed by atoms with E-state index in [-0.39, 0.29) is 5.91 Å². The summed E-state index contributed by atoms with van der Waals surface area (Å²) in [7, 11) is 0. The molecule has 1 amide bonds. The van der Waals surface area contributed by atoms with Crippen molar-refractivity contribution in [2.75, 3.05) is 11.1 Å². The van der Waals surface area contributed by atoms with Gasteiger partial charge in [0.05, 0.1) is 22.5 Å². The van der Waals surface area contributed by atoms with Gasteiger partial charge in [0, 0.05) is 18.0 Å². The highest BCUT2D eigenvalue weighted by Gasteiger charge is 2.09. The molecule has 1 N–H and O–H groups in total. The van der Waals surface area contributed by atoms with Crippen LogP contribution in [0.2, 0.25) is 0 Å². The van der Waals surface area contributed by atoms with Crippen molar-refractivity contribution in [3.05, 3.63) is 66.6 Å². The number of amides is 1. The maximum absolute atomic E-state index is 12.2. The molecule has 0 aliphatic carbocycles. The molecule has 2 heterocycles. The van der Waals surface area contributed by atoms with Crippen LogP contribution in [0.15, 0.2) is 66.1 Å². The Hall–Kier alpha value is -2.73. The first-order valence-corrected chi connectivity index (χ1v) is 8.52. The molecule has 0 spiro atoms. The second-order valence-electron chi connectivity index (χ2n) is 4.93. The third-order valence-corrected chi connectivity index (χ3v) is 4.06. The number of benzene rings is 1. The first kappa shape index (κ1) is 16.1. The van der Waals surface area contributed by atoms with Crippen molar-refractivity contribution < 1.29 is 4.79 Å². The standard InChI is InChI=1S/C18H16N4OS/c1-2-24-16-9-8-15(12-19-16)22-18(23)14-10-20-17(21-11-14)13-6-4-3-5-7-13/h3-12H,2H2,1H3,(H,22,23). The second kappa shape index (κ2) is 7.70. The van der Waals surface area contributed by atoms with Gasteiger partial charge in [0.25, 0.3) is 5.91 Å². The molecule has 3 rings (SSSR count). The van der Waals surface area contributed by atoms with E-state index < -0.39 is 0 Å². The Morgan fingerprint density at radius 2 is 1.75 bits per heavy atom. The zero-order chi connectivity index (χ0) is 16.8. The fraction of sp³-hybridized carbons (Fsp3) is 0.111. The molecule has 0 radical (unpaired) electrons. The number of hydrogen-bond acceptors (Lipinski definition) is 5. The number of rotatable bonds is 5. The van der Waals surface area contributed by atoms with Gasteiger partial charge >= 0.3 is 0 Å². The van der Waals surface area contributed by atoms with Crippen LogP contribution in [0.5, 0.6) is 0 Å². The molecule has 5 nitrogen and oxygen atoms in total. The summed E-state index contributed by atoms with van der Waals surface area (Å²) in [5.74, 6) is 1.30. The number of carbonyl (C=O) groups excluding carboxylic acids is 1. The molecular formula is C18H16N4OS. The fourth-order valence-corrected chi connectivity index (χ4v) is 2.66. The topological polar surface area (TPSA) is 67.8 Å². The number of aromatic nitrogens is 3. The molecule has 0 fully saturated rings. The van der Waals surface area contributed by atoms with E-state index in [4.69, 9.17) is 0 Å². The maximum atomic E-state index is 12.2. The Morgan fingerprint density at radius 3 is 2.38 bits per heavy atom. The van der Waals surface area contributed by atoms with Crippen molar-refractivity contribution in [3.63, 3.8) is 0 Å². The van der Waals surface area contributed by atoms with Crippen LogP contribution in [0.25, 0.3) is 11.4 Å². The van der Waals surface area contributed by atoms with Gasteiger partial charge in [-0.2, -0.15) is 0 Å². The van der Waals surface area contributed by atoms with E-state index in [1.165, 1.54) is 12.4 Å². The second-order valence-corrected chi connectivity index (χ2v) is 6.22. The highest BCUT2D eigenvalue weighted by atomic mass is 32.2. The lowest BCUT2D eigenvalue weighted by molar-refractivity contribution is 0.102. The van der Waals surface area contributed by atoms with Crippen molar-refractivity contribution in [2.24, 2.45) is 0 Å². The van der Waals surface area contributed by atoms with Crippen LogP contribution in [0.1, 0.15) is 17.3 Å². The quantitative estimate of drug-likeness (QED) is 0.716. The van der Waals surface area contributed by atoms with Crippen LogP contribution in [0.3, 0.4) is 0 Å². The number of anilines is 1. The van der Waals surface area contributed by atoms with Crippen molar-refractivity contribution in [1.82, 2.24) is 15.0 Å². The molecule has 3 aromatic rings. The lowest BCUT2D eigenvalue weighted by atomic mass is 10.2. The summed E-state index contributed by atoms with van der Waals surface area (Å²) in [5, 5.41) is 3.73. The van der Waals surface area contributed by atoms with Crippen LogP contribution >= 0.6 is 11.8 Å². The van der Waals surface area contributed by atoms with Gasteiger partial charge in [-0.05, 0) is 17.9 Å². The van der Waals surface area contributed by atoms with Crippen molar-refractivity contribution in [3.8, 4) is 11.4 Å². The van der Waals surface area contributed by atoms with Crippen molar-refractivity contribution in [2.45, 2.75) is 11.9 Å². The van der Waals surface area contributed by atoms with Crippen LogP contribution in [0.4, 0.5) is 5.69 Å². The summed E-state index contributed by atoms with van der Waals surface area (Å²) in [4.78, 5) is 25.1. The molecule has 0 atom stereocenters. The smallest absolute Gasteiger partial charge is 0.258 e. The number of nitrogens with one attached hydrogen (secondary N) is 1. The zero-order valence-corrected chi connectivity index (χ0v) is 14.0. The Balaban J connectivity index is 1.69. The number of pyridine rings is 1. The average molecular weight is 336 g/mol. The van der Waals surface area contributed by atoms with Gasteiger partial charge in [-0.15, -0.1) is 11.8 Å². The van der Waals surface area contributed by atoms with E-state index in [1.807, 2.05) is 42.5 Å². The summed E-state index contributed by atoms with van der Waals surface area (Å²) in [6, 6.07) is 13.4. The number of thioether (sulfide) groups is 1.